The van der Waals surface area contributed by atoms with E-state index >= 15 is 0 Å². The normalized spacial score (nSPS) is 11.4. The predicted molar refractivity (Wildman–Crippen MR) is 91.6 cm³/mol. The standard InChI is InChI=1S/C10H17N3OP4/c11-9-4-7(14-18)3-8-6(1-2-13(16)17)5-12(15)10(8)9/h3-5H,1-2,11,15-18H2. The predicted octanol–water partition coefficient (Wildman–Crippen LogP) is 2.46. The summed E-state index contributed by atoms with van der Waals surface area (Å²) in [6, 6.07) is 3.85. The Morgan fingerprint density at radius 2 is 2.06 bits per heavy atom. The lowest BCUT2D eigenvalue weighted by Crippen LogP contribution is -2.01. The molecular weight excluding hydrogens is 302 g/mol. The summed E-state index contributed by atoms with van der Waals surface area (Å²) in [5.74, 6) is 0.760. The zero-order valence-corrected chi connectivity index (χ0v) is 14.5. The number of anilines is 1. The van der Waals surface area contributed by atoms with Gasteiger partial charge in [-0.05, 0) is 27.4 Å². The van der Waals surface area contributed by atoms with Gasteiger partial charge in [0.1, 0.15) is 5.75 Å². The van der Waals surface area contributed by atoms with Gasteiger partial charge in [-0.1, -0.05) is 18.8 Å². The summed E-state index contributed by atoms with van der Waals surface area (Å²) in [5.41, 5.74) is 9.07. The van der Waals surface area contributed by atoms with E-state index in [9.17, 15) is 0 Å². The van der Waals surface area contributed by atoms with Crippen LogP contribution < -0.4 is 10.3 Å². The molecule has 1 aromatic heterocycles. The van der Waals surface area contributed by atoms with Gasteiger partial charge >= 0.3 is 0 Å². The molecule has 1 heterocycles. The average molecular weight is 319 g/mol. The maximum absolute atomic E-state index is 6.06. The van der Waals surface area contributed by atoms with E-state index in [1.807, 2.05) is 20.9 Å². The topological polar surface area (TPSA) is 43.4 Å². The number of aromatic nitrogens is 1. The van der Waals surface area contributed by atoms with Gasteiger partial charge in [0.2, 0.25) is 0 Å². The number of hydrogen-bond donors (Lipinski definition) is 1. The molecule has 8 heteroatoms. The van der Waals surface area contributed by atoms with Gasteiger partial charge in [-0.2, -0.15) is 0 Å². The van der Waals surface area contributed by atoms with Gasteiger partial charge in [0, 0.05) is 24.2 Å². The second kappa shape index (κ2) is 6.00. The summed E-state index contributed by atoms with van der Waals surface area (Å²) in [6.45, 7) is 0.935. The molecule has 0 aliphatic rings. The smallest absolute Gasteiger partial charge is 0.125 e. The summed E-state index contributed by atoms with van der Waals surface area (Å²) < 4.78 is 9.19. The van der Waals surface area contributed by atoms with Crippen LogP contribution in [0.15, 0.2) is 18.3 Å². The first-order valence-electron chi connectivity index (χ1n) is 5.35. The molecule has 2 aromatic rings. The van der Waals surface area contributed by atoms with Crippen LogP contribution >= 0.6 is 37.6 Å². The molecule has 0 bridgehead atoms. The highest BCUT2D eigenvalue weighted by Crippen LogP contribution is 2.33. The molecule has 0 saturated carbocycles. The van der Waals surface area contributed by atoms with Gasteiger partial charge in [0.05, 0.1) is 20.7 Å². The van der Waals surface area contributed by atoms with Crippen molar-refractivity contribution in [2.45, 2.75) is 6.42 Å². The Labute approximate surface area is 116 Å². The first-order valence-corrected chi connectivity index (χ1v) is 7.37. The average Bonchev–Trinajstić information content (AvgIpc) is 2.63. The Morgan fingerprint density at radius 1 is 1.33 bits per heavy atom. The first-order chi connectivity index (χ1) is 8.52. The highest BCUT2D eigenvalue weighted by atomic mass is 31.1. The third-order valence-corrected chi connectivity index (χ3v) is 3.98. The zero-order valence-electron chi connectivity index (χ0n) is 9.84. The molecule has 2 rings (SSSR count). The van der Waals surface area contributed by atoms with E-state index in [2.05, 4.69) is 43.8 Å². The van der Waals surface area contributed by atoms with Crippen molar-refractivity contribution in [1.82, 2.24) is 8.78 Å². The highest BCUT2D eigenvalue weighted by molar-refractivity contribution is 7.30. The molecule has 0 spiro atoms. The fourth-order valence-electron chi connectivity index (χ4n) is 1.98. The second-order valence-electron chi connectivity index (χ2n) is 4.08. The molecule has 1 aromatic carbocycles. The van der Waals surface area contributed by atoms with Crippen molar-refractivity contribution >= 4 is 54.2 Å². The monoisotopic (exact) mass is 319 g/mol. The van der Waals surface area contributed by atoms with E-state index in [0.29, 0.717) is 0 Å². The number of nitrogens with two attached hydrogens (primary N) is 1. The third-order valence-electron chi connectivity index (χ3n) is 2.79. The minimum atomic E-state index is 0.722. The van der Waals surface area contributed by atoms with Gasteiger partial charge in [0.25, 0.3) is 0 Å². The van der Waals surface area contributed by atoms with E-state index in [4.69, 9.17) is 10.3 Å². The van der Waals surface area contributed by atoms with E-state index < -0.39 is 0 Å². The van der Waals surface area contributed by atoms with Crippen LogP contribution in [-0.4, -0.2) is 15.3 Å². The van der Waals surface area contributed by atoms with Crippen molar-refractivity contribution < 1.29 is 4.52 Å². The SMILES string of the molecule is Nc1cc(OP)cc2c(CCN(P)P)cn(P)c12. The van der Waals surface area contributed by atoms with E-state index in [0.717, 1.165) is 35.3 Å². The Bertz CT molecular complexity index is 570. The summed E-state index contributed by atoms with van der Waals surface area (Å²) in [7, 11) is 10.2. The lowest BCUT2D eigenvalue weighted by atomic mass is 10.1. The van der Waals surface area contributed by atoms with Crippen molar-refractivity contribution in [3.8, 4) is 5.75 Å². The van der Waals surface area contributed by atoms with Crippen LogP contribution in [0, 0.1) is 0 Å². The van der Waals surface area contributed by atoms with Crippen LogP contribution in [0.4, 0.5) is 5.69 Å². The molecular formula is C10H17N3OP4. The maximum Gasteiger partial charge on any atom is 0.125 e. The van der Waals surface area contributed by atoms with Crippen LogP contribution in [0.2, 0.25) is 0 Å². The summed E-state index contributed by atoms with van der Waals surface area (Å²) >= 11 is 0. The zero-order chi connectivity index (χ0) is 13.3. The number of rotatable bonds is 4. The van der Waals surface area contributed by atoms with Crippen molar-refractivity contribution in [1.29, 1.82) is 0 Å². The maximum atomic E-state index is 6.06. The number of benzene rings is 1. The molecule has 0 fully saturated rings. The van der Waals surface area contributed by atoms with Crippen molar-refractivity contribution in [3.05, 3.63) is 23.9 Å². The van der Waals surface area contributed by atoms with Crippen LogP contribution in [0.25, 0.3) is 10.9 Å². The molecule has 0 radical (unpaired) electrons. The Balaban J connectivity index is 2.50. The van der Waals surface area contributed by atoms with E-state index in [1.165, 1.54) is 5.56 Å². The molecule has 0 aliphatic heterocycles. The lowest BCUT2D eigenvalue weighted by Gasteiger charge is -2.08. The van der Waals surface area contributed by atoms with Crippen LogP contribution in [0.5, 0.6) is 5.75 Å². The number of fused-ring (bicyclic) bond motifs is 1. The molecule has 18 heavy (non-hydrogen) atoms. The summed E-state index contributed by atoms with van der Waals surface area (Å²) in [4.78, 5) is 0. The molecule has 0 amide bonds. The second-order valence-corrected chi connectivity index (χ2v) is 6.79. The molecule has 4 unspecified atom stereocenters. The van der Waals surface area contributed by atoms with Crippen molar-refractivity contribution in [3.63, 3.8) is 0 Å². The quantitative estimate of drug-likeness (QED) is 0.695. The number of nitrogens with zero attached hydrogens (tertiary/aromatic N) is 2. The van der Waals surface area contributed by atoms with Gasteiger partial charge in [-0.15, -0.1) is 0 Å². The Hall–Kier alpha value is 0.0400. The van der Waals surface area contributed by atoms with Gasteiger partial charge in [-0.25, -0.2) is 0 Å². The van der Waals surface area contributed by atoms with Crippen LogP contribution in [0.1, 0.15) is 5.56 Å². The molecule has 0 saturated heterocycles. The summed E-state index contributed by atoms with van der Waals surface area (Å²) in [6.07, 6.45) is 3.04. The van der Waals surface area contributed by atoms with Crippen molar-refractivity contribution in [2.75, 3.05) is 12.3 Å². The van der Waals surface area contributed by atoms with Crippen LogP contribution in [-0.2, 0) is 6.42 Å². The molecule has 2 N–H and O–H groups in total. The molecule has 0 aliphatic carbocycles. The number of hydrogen-bond acceptors (Lipinski definition) is 3. The summed E-state index contributed by atoms with van der Waals surface area (Å²) in [5, 5.41) is 1.14. The van der Waals surface area contributed by atoms with E-state index in [1.54, 1.807) is 0 Å². The van der Waals surface area contributed by atoms with Crippen molar-refractivity contribution in [2.24, 2.45) is 0 Å². The third kappa shape index (κ3) is 2.96. The first kappa shape index (κ1) is 14.4. The highest BCUT2D eigenvalue weighted by Gasteiger charge is 2.11. The van der Waals surface area contributed by atoms with E-state index in [-0.39, 0.29) is 0 Å². The fourth-order valence-corrected chi connectivity index (χ4v) is 2.84. The minimum absolute atomic E-state index is 0.722. The van der Waals surface area contributed by atoms with Crippen LogP contribution in [0.3, 0.4) is 0 Å². The molecule has 4 nitrogen and oxygen atoms in total. The van der Waals surface area contributed by atoms with Gasteiger partial charge < -0.3 is 14.6 Å². The Morgan fingerprint density at radius 3 is 2.67 bits per heavy atom. The van der Waals surface area contributed by atoms with Gasteiger partial charge in [0.15, 0.2) is 0 Å². The molecule has 4 atom stereocenters. The Kier molecular flexibility index (Phi) is 4.81. The number of nitrogen functional groups attached to an aromatic ring is 1. The molecule has 98 valence electrons. The van der Waals surface area contributed by atoms with Gasteiger partial charge in [-0.3, -0.25) is 4.44 Å². The minimum Gasteiger partial charge on any atom is -0.480 e. The fraction of sp³-hybridized carbons (Fsp3) is 0.200. The largest absolute Gasteiger partial charge is 0.480 e. The lowest BCUT2D eigenvalue weighted by molar-refractivity contribution is 0.647.